The van der Waals surface area contributed by atoms with Crippen LogP contribution in [0.1, 0.15) is 42.1 Å². The number of para-hydroxylation sites is 1. The molecule has 1 aliphatic carbocycles. The van der Waals surface area contributed by atoms with Gasteiger partial charge in [-0.25, -0.2) is 0 Å². The lowest BCUT2D eigenvalue weighted by molar-refractivity contribution is -0.385. The SMILES string of the molecule is N#Cc1[nH]c(C2CCC(=O)C3(C=Nc4ccccc43)C2)cc1[N+](=O)[O-]. The van der Waals surface area contributed by atoms with Crippen LogP contribution in [0.5, 0.6) is 0 Å². The number of nitrogens with one attached hydrogen (secondary N) is 1. The maximum Gasteiger partial charge on any atom is 0.305 e. The predicted octanol–water partition coefficient (Wildman–Crippen LogP) is 3.29. The number of hydrogen-bond donors (Lipinski definition) is 1. The van der Waals surface area contributed by atoms with Crippen molar-refractivity contribution in [1.29, 1.82) is 5.26 Å². The molecule has 2 aromatic rings. The van der Waals surface area contributed by atoms with Crippen molar-refractivity contribution >= 4 is 23.4 Å². The van der Waals surface area contributed by atoms with Gasteiger partial charge in [0.1, 0.15) is 11.9 Å². The Balaban J connectivity index is 1.74. The lowest BCUT2D eigenvalue weighted by atomic mass is 9.65. The summed E-state index contributed by atoms with van der Waals surface area (Å²) in [6.07, 6.45) is 3.18. The first-order chi connectivity index (χ1) is 12.0. The minimum atomic E-state index is -0.772. The van der Waals surface area contributed by atoms with Gasteiger partial charge >= 0.3 is 5.69 Å². The second-order valence-corrected chi connectivity index (χ2v) is 6.46. The van der Waals surface area contributed by atoms with Crippen LogP contribution >= 0.6 is 0 Å². The molecule has 0 radical (unpaired) electrons. The van der Waals surface area contributed by atoms with Crippen molar-refractivity contribution in [2.45, 2.75) is 30.6 Å². The molecule has 1 spiro atoms. The minimum absolute atomic E-state index is 0.0496. The average Bonchev–Trinajstić information content (AvgIpc) is 3.21. The number of hydrogen-bond acceptors (Lipinski definition) is 5. The molecule has 1 fully saturated rings. The van der Waals surface area contributed by atoms with E-state index in [4.69, 9.17) is 5.26 Å². The maximum atomic E-state index is 12.7. The van der Waals surface area contributed by atoms with Gasteiger partial charge in [0.05, 0.1) is 16.0 Å². The van der Waals surface area contributed by atoms with E-state index < -0.39 is 10.3 Å². The molecule has 1 N–H and O–H groups in total. The van der Waals surface area contributed by atoms with Crippen molar-refractivity contribution in [3.63, 3.8) is 0 Å². The molecule has 124 valence electrons. The molecule has 2 unspecified atom stereocenters. The molecule has 7 nitrogen and oxygen atoms in total. The van der Waals surface area contributed by atoms with E-state index in [1.54, 1.807) is 6.21 Å². The second kappa shape index (κ2) is 5.38. The number of nitro groups is 1. The largest absolute Gasteiger partial charge is 0.344 e. The third-order valence-electron chi connectivity index (χ3n) is 5.16. The van der Waals surface area contributed by atoms with Gasteiger partial charge in [-0.1, -0.05) is 18.2 Å². The van der Waals surface area contributed by atoms with Gasteiger partial charge in [0.25, 0.3) is 0 Å². The fraction of sp³-hybridized carbons (Fsp3) is 0.278. The van der Waals surface area contributed by atoms with Gasteiger partial charge < -0.3 is 4.98 Å². The summed E-state index contributed by atoms with van der Waals surface area (Å²) in [5.74, 6) is 0.0510. The smallest absolute Gasteiger partial charge is 0.305 e. The highest BCUT2D eigenvalue weighted by Gasteiger charge is 2.47. The Morgan fingerprint density at radius 3 is 2.92 bits per heavy atom. The van der Waals surface area contributed by atoms with Crippen molar-refractivity contribution < 1.29 is 9.72 Å². The molecule has 2 atom stereocenters. The fourth-order valence-electron chi connectivity index (χ4n) is 3.91. The molecule has 4 rings (SSSR count). The number of Topliss-reactive ketones (excluding diaryl/α,β-unsaturated/α-hetero) is 1. The lowest BCUT2D eigenvalue weighted by Gasteiger charge is -2.35. The number of nitrogens with zero attached hydrogens (tertiary/aromatic N) is 3. The van der Waals surface area contributed by atoms with Gasteiger partial charge in [0, 0.05) is 30.3 Å². The second-order valence-electron chi connectivity index (χ2n) is 6.46. The maximum absolute atomic E-state index is 12.7. The van der Waals surface area contributed by atoms with Crippen LogP contribution in [0.25, 0.3) is 0 Å². The summed E-state index contributed by atoms with van der Waals surface area (Å²) in [6, 6.07) is 10.8. The standard InChI is InChI=1S/C18H14N4O3/c19-9-15-16(22(24)25)7-14(21-15)11-5-6-17(23)18(8-11)10-20-13-4-2-1-3-12(13)18/h1-4,7,10-11,21H,5-6,8H2. The number of rotatable bonds is 2. The van der Waals surface area contributed by atoms with Crippen LogP contribution < -0.4 is 0 Å². The van der Waals surface area contributed by atoms with Crippen molar-refractivity contribution in [3.8, 4) is 6.07 Å². The molecule has 1 saturated carbocycles. The van der Waals surface area contributed by atoms with Gasteiger partial charge in [0.2, 0.25) is 0 Å². The summed E-state index contributed by atoms with van der Waals surface area (Å²) in [5, 5.41) is 20.2. The first-order valence-corrected chi connectivity index (χ1v) is 8.00. The summed E-state index contributed by atoms with van der Waals surface area (Å²) in [6.45, 7) is 0. The van der Waals surface area contributed by atoms with E-state index in [0.717, 1.165) is 11.3 Å². The number of nitriles is 1. The Morgan fingerprint density at radius 2 is 2.20 bits per heavy atom. The molecular weight excluding hydrogens is 320 g/mol. The van der Waals surface area contributed by atoms with Gasteiger partial charge in [-0.15, -0.1) is 0 Å². The third-order valence-corrected chi connectivity index (χ3v) is 5.16. The van der Waals surface area contributed by atoms with E-state index in [1.807, 2.05) is 30.3 Å². The van der Waals surface area contributed by atoms with Crippen LogP contribution in [-0.4, -0.2) is 21.9 Å². The van der Waals surface area contributed by atoms with Gasteiger partial charge in [-0.05, 0) is 24.5 Å². The highest BCUT2D eigenvalue weighted by atomic mass is 16.6. The molecule has 2 heterocycles. The number of ketones is 1. The van der Waals surface area contributed by atoms with Gasteiger partial charge in [-0.2, -0.15) is 5.26 Å². The summed E-state index contributed by atoms with van der Waals surface area (Å²) in [4.78, 5) is 30.5. The van der Waals surface area contributed by atoms with E-state index in [1.165, 1.54) is 6.07 Å². The lowest BCUT2D eigenvalue weighted by Crippen LogP contribution is -2.41. The highest BCUT2D eigenvalue weighted by Crippen LogP contribution is 2.48. The topological polar surface area (TPSA) is 112 Å². The first kappa shape index (κ1) is 15.3. The Bertz CT molecular complexity index is 969. The predicted molar refractivity (Wildman–Crippen MR) is 90.0 cm³/mol. The molecule has 7 heteroatoms. The van der Waals surface area contributed by atoms with Gasteiger partial charge in [-0.3, -0.25) is 19.9 Å². The molecule has 1 aliphatic heterocycles. The summed E-state index contributed by atoms with van der Waals surface area (Å²) >= 11 is 0. The number of fused-ring (bicyclic) bond motifs is 2. The molecule has 1 aromatic heterocycles. The molecule has 1 aromatic carbocycles. The van der Waals surface area contributed by atoms with Crippen molar-refractivity contribution in [2.75, 3.05) is 0 Å². The van der Waals surface area contributed by atoms with Crippen LogP contribution in [0.15, 0.2) is 35.3 Å². The summed E-state index contributed by atoms with van der Waals surface area (Å²) in [7, 11) is 0. The van der Waals surface area contributed by atoms with E-state index in [2.05, 4.69) is 9.98 Å². The van der Waals surface area contributed by atoms with Crippen LogP contribution in [0, 0.1) is 21.4 Å². The Kier molecular flexibility index (Phi) is 3.29. The third kappa shape index (κ3) is 2.18. The zero-order valence-electron chi connectivity index (χ0n) is 13.2. The number of carbonyl (C=O) groups is 1. The molecule has 25 heavy (non-hydrogen) atoms. The summed E-state index contributed by atoms with van der Waals surface area (Å²) < 4.78 is 0. The zero-order chi connectivity index (χ0) is 17.6. The Morgan fingerprint density at radius 1 is 1.40 bits per heavy atom. The number of carbonyl (C=O) groups excluding carboxylic acids is 1. The fourth-order valence-corrected chi connectivity index (χ4v) is 3.91. The Hall–Kier alpha value is -3.27. The molecule has 0 bridgehead atoms. The Labute approximate surface area is 143 Å². The van der Waals surface area contributed by atoms with Crippen LogP contribution in [-0.2, 0) is 10.2 Å². The molecule has 0 amide bonds. The zero-order valence-corrected chi connectivity index (χ0v) is 13.2. The average molecular weight is 334 g/mol. The quantitative estimate of drug-likeness (QED) is 0.670. The van der Waals surface area contributed by atoms with Crippen molar-refractivity contribution in [1.82, 2.24) is 4.98 Å². The van der Waals surface area contributed by atoms with Crippen molar-refractivity contribution in [2.24, 2.45) is 4.99 Å². The van der Waals surface area contributed by atoms with Crippen LogP contribution in [0.4, 0.5) is 11.4 Å². The number of benzene rings is 1. The molecular formula is C18H14N4O3. The van der Waals surface area contributed by atoms with E-state index in [0.29, 0.717) is 25.0 Å². The molecule has 0 saturated heterocycles. The number of aromatic amines is 1. The highest BCUT2D eigenvalue weighted by molar-refractivity contribution is 6.10. The normalized spacial score (nSPS) is 24.3. The first-order valence-electron chi connectivity index (χ1n) is 8.00. The van der Waals surface area contributed by atoms with E-state index in [9.17, 15) is 14.9 Å². The van der Waals surface area contributed by atoms with Crippen LogP contribution in [0.2, 0.25) is 0 Å². The van der Waals surface area contributed by atoms with E-state index in [-0.39, 0.29) is 23.1 Å². The van der Waals surface area contributed by atoms with Crippen molar-refractivity contribution in [3.05, 3.63) is 57.4 Å². The van der Waals surface area contributed by atoms with E-state index >= 15 is 0 Å². The summed E-state index contributed by atoms with van der Waals surface area (Å²) in [5.41, 5.74) is 1.29. The number of aromatic nitrogens is 1. The van der Waals surface area contributed by atoms with Crippen LogP contribution in [0.3, 0.4) is 0 Å². The van der Waals surface area contributed by atoms with Gasteiger partial charge in [0.15, 0.2) is 5.69 Å². The minimum Gasteiger partial charge on any atom is -0.344 e. The monoisotopic (exact) mass is 334 g/mol. The number of H-pyrrole nitrogens is 1. The number of aliphatic imine (C=N–C) groups is 1. The molecule has 2 aliphatic rings.